The molecule has 7 heteroatoms. The summed E-state index contributed by atoms with van der Waals surface area (Å²) in [6.45, 7) is 6.33. The van der Waals surface area contributed by atoms with Gasteiger partial charge < -0.3 is 10.6 Å². The lowest BCUT2D eigenvalue weighted by molar-refractivity contribution is -0.137. The molecule has 3 rings (SSSR count). The molecule has 31 heavy (non-hydrogen) atoms. The van der Waals surface area contributed by atoms with E-state index in [-0.39, 0.29) is 11.8 Å². The van der Waals surface area contributed by atoms with E-state index >= 15 is 0 Å². The highest BCUT2D eigenvalue weighted by atomic mass is 19.4. The highest BCUT2D eigenvalue weighted by Crippen LogP contribution is 2.35. The maximum absolute atomic E-state index is 13.5. The van der Waals surface area contributed by atoms with Crippen LogP contribution in [-0.2, 0) is 12.6 Å². The van der Waals surface area contributed by atoms with Crippen LogP contribution in [-0.4, -0.2) is 9.97 Å². The number of hydrogen-bond donors (Lipinski definition) is 2. The Morgan fingerprint density at radius 2 is 1.71 bits per heavy atom. The number of hydrogen-bond acceptors (Lipinski definition) is 4. The minimum atomic E-state index is -4.57. The van der Waals surface area contributed by atoms with Crippen molar-refractivity contribution in [2.45, 2.75) is 52.1 Å². The molecule has 2 N–H and O–H groups in total. The molecule has 0 fully saturated rings. The SMILES string of the molecule is CCCc1cccc(Nc2nc(Nc3ccc(C(C)CC)cc3)ncc2C(F)(F)F)c1. The Bertz CT molecular complexity index is 1000. The first kappa shape index (κ1) is 22.6. The van der Waals surface area contributed by atoms with Gasteiger partial charge in [-0.05, 0) is 54.2 Å². The quantitative estimate of drug-likeness (QED) is 0.391. The van der Waals surface area contributed by atoms with Crippen LogP contribution in [0.5, 0.6) is 0 Å². The molecule has 164 valence electrons. The Balaban J connectivity index is 1.87. The van der Waals surface area contributed by atoms with Crippen molar-refractivity contribution in [3.8, 4) is 0 Å². The molecule has 0 radical (unpaired) electrons. The number of anilines is 4. The molecule has 0 aliphatic carbocycles. The number of nitrogens with one attached hydrogen (secondary N) is 2. The van der Waals surface area contributed by atoms with Gasteiger partial charge in [-0.2, -0.15) is 18.2 Å². The minimum absolute atomic E-state index is 0.0940. The summed E-state index contributed by atoms with van der Waals surface area (Å²) in [6.07, 6.45) is -0.927. The van der Waals surface area contributed by atoms with Gasteiger partial charge in [-0.15, -0.1) is 0 Å². The molecule has 4 nitrogen and oxygen atoms in total. The third-order valence-corrected chi connectivity index (χ3v) is 5.17. The van der Waals surface area contributed by atoms with Crippen LogP contribution in [0.4, 0.5) is 36.3 Å². The first-order valence-electron chi connectivity index (χ1n) is 10.5. The lowest BCUT2D eigenvalue weighted by atomic mass is 9.99. The number of benzene rings is 2. The lowest BCUT2D eigenvalue weighted by Crippen LogP contribution is -2.12. The van der Waals surface area contributed by atoms with Gasteiger partial charge in [0.15, 0.2) is 0 Å². The van der Waals surface area contributed by atoms with E-state index in [1.807, 2.05) is 42.5 Å². The average Bonchev–Trinajstić information content (AvgIpc) is 2.73. The van der Waals surface area contributed by atoms with E-state index in [1.165, 1.54) is 5.56 Å². The number of aromatic nitrogens is 2. The van der Waals surface area contributed by atoms with Gasteiger partial charge >= 0.3 is 6.18 Å². The van der Waals surface area contributed by atoms with Gasteiger partial charge in [0.1, 0.15) is 11.4 Å². The van der Waals surface area contributed by atoms with Crippen molar-refractivity contribution < 1.29 is 13.2 Å². The Hall–Kier alpha value is -3.09. The van der Waals surface area contributed by atoms with Crippen molar-refractivity contribution in [2.24, 2.45) is 0 Å². The van der Waals surface area contributed by atoms with Crippen molar-refractivity contribution in [1.29, 1.82) is 0 Å². The first-order chi connectivity index (χ1) is 14.8. The number of alkyl halides is 3. The van der Waals surface area contributed by atoms with E-state index in [0.29, 0.717) is 17.3 Å². The second-order valence-corrected chi connectivity index (χ2v) is 7.59. The molecule has 0 saturated carbocycles. The summed E-state index contributed by atoms with van der Waals surface area (Å²) in [7, 11) is 0. The van der Waals surface area contributed by atoms with Gasteiger partial charge in [0.25, 0.3) is 0 Å². The van der Waals surface area contributed by atoms with E-state index in [4.69, 9.17) is 0 Å². The molecule has 1 aromatic heterocycles. The molecule has 0 aliphatic rings. The summed E-state index contributed by atoms with van der Waals surface area (Å²) in [4.78, 5) is 8.01. The van der Waals surface area contributed by atoms with Crippen molar-refractivity contribution in [3.63, 3.8) is 0 Å². The highest BCUT2D eigenvalue weighted by molar-refractivity contribution is 5.63. The Morgan fingerprint density at radius 3 is 2.35 bits per heavy atom. The van der Waals surface area contributed by atoms with Gasteiger partial charge in [-0.1, -0.05) is 51.5 Å². The van der Waals surface area contributed by atoms with Crippen molar-refractivity contribution in [2.75, 3.05) is 10.6 Å². The molecule has 0 amide bonds. The third-order valence-electron chi connectivity index (χ3n) is 5.17. The minimum Gasteiger partial charge on any atom is -0.340 e. The second kappa shape index (κ2) is 9.81. The normalized spacial score (nSPS) is 12.5. The summed E-state index contributed by atoms with van der Waals surface area (Å²) < 4.78 is 40.6. The fourth-order valence-electron chi connectivity index (χ4n) is 3.23. The van der Waals surface area contributed by atoms with Crippen molar-refractivity contribution in [1.82, 2.24) is 9.97 Å². The highest BCUT2D eigenvalue weighted by Gasteiger charge is 2.35. The van der Waals surface area contributed by atoms with Crippen molar-refractivity contribution in [3.05, 3.63) is 71.4 Å². The van der Waals surface area contributed by atoms with Gasteiger partial charge in [0.05, 0.1) is 0 Å². The molecule has 3 aromatic rings. The van der Waals surface area contributed by atoms with Crippen molar-refractivity contribution >= 4 is 23.1 Å². The molecule has 0 bridgehead atoms. The number of aryl methyl sites for hydroxylation is 1. The van der Waals surface area contributed by atoms with Gasteiger partial charge in [-0.25, -0.2) is 4.98 Å². The van der Waals surface area contributed by atoms with E-state index in [2.05, 4.69) is 41.4 Å². The largest absolute Gasteiger partial charge is 0.421 e. The maximum Gasteiger partial charge on any atom is 0.421 e. The van der Waals surface area contributed by atoms with E-state index in [9.17, 15) is 13.2 Å². The van der Waals surface area contributed by atoms with Crippen LogP contribution < -0.4 is 10.6 Å². The predicted molar refractivity (Wildman–Crippen MR) is 119 cm³/mol. The summed E-state index contributed by atoms with van der Waals surface area (Å²) in [6, 6.07) is 15.1. The standard InChI is InChI=1S/C24H27F3N4/c1-4-7-17-8-6-9-20(14-17)29-22-21(24(25,26)27)15-28-23(31-22)30-19-12-10-18(11-13-19)16(3)5-2/h6,8-16H,4-5,7H2,1-3H3,(H2,28,29,30,31). The van der Waals surface area contributed by atoms with E-state index in [0.717, 1.165) is 31.0 Å². The lowest BCUT2D eigenvalue weighted by Gasteiger charge is -2.16. The zero-order valence-corrected chi connectivity index (χ0v) is 17.9. The topological polar surface area (TPSA) is 49.8 Å². The van der Waals surface area contributed by atoms with Crippen LogP contribution in [0.3, 0.4) is 0 Å². The summed E-state index contributed by atoms with van der Waals surface area (Å²) in [5.74, 6) is 0.252. The summed E-state index contributed by atoms with van der Waals surface area (Å²) >= 11 is 0. The second-order valence-electron chi connectivity index (χ2n) is 7.59. The fraction of sp³-hybridized carbons (Fsp3) is 0.333. The predicted octanol–water partition coefficient (Wildman–Crippen LogP) is 7.45. The average molecular weight is 429 g/mol. The fourth-order valence-corrected chi connectivity index (χ4v) is 3.23. The maximum atomic E-state index is 13.5. The van der Waals surface area contributed by atoms with Gasteiger partial charge in [-0.3, -0.25) is 0 Å². The van der Waals surface area contributed by atoms with E-state index < -0.39 is 11.7 Å². The molecule has 0 saturated heterocycles. The van der Waals surface area contributed by atoms with Crippen LogP contribution in [0.15, 0.2) is 54.7 Å². The molecule has 1 unspecified atom stereocenters. The number of halogens is 3. The van der Waals surface area contributed by atoms with Crippen LogP contribution in [0.1, 0.15) is 56.2 Å². The molecular formula is C24H27F3N4. The van der Waals surface area contributed by atoms with Gasteiger partial charge in [0, 0.05) is 17.6 Å². The Morgan fingerprint density at radius 1 is 0.968 bits per heavy atom. The molecular weight excluding hydrogens is 401 g/mol. The zero-order chi connectivity index (χ0) is 22.4. The molecule has 0 aliphatic heterocycles. The van der Waals surface area contributed by atoms with Crippen LogP contribution >= 0.6 is 0 Å². The monoisotopic (exact) mass is 428 g/mol. The smallest absolute Gasteiger partial charge is 0.340 e. The van der Waals surface area contributed by atoms with Crippen LogP contribution in [0.25, 0.3) is 0 Å². The summed E-state index contributed by atoms with van der Waals surface area (Å²) in [5.41, 5.74) is 2.61. The molecule has 0 spiro atoms. The van der Waals surface area contributed by atoms with Gasteiger partial charge in [0.2, 0.25) is 5.95 Å². The molecule has 1 heterocycles. The molecule has 2 aromatic carbocycles. The molecule has 1 atom stereocenters. The van der Waals surface area contributed by atoms with Crippen LogP contribution in [0, 0.1) is 0 Å². The van der Waals surface area contributed by atoms with E-state index in [1.54, 1.807) is 6.07 Å². The Kier molecular flexibility index (Phi) is 7.15. The third kappa shape index (κ3) is 5.96. The zero-order valence-electron chi connectivity index (χ0n) is 17.9. The summed E-state index contributed by atoms with van der Waals surface area (Å²) in [5, 5.41) is 5.82. The number of rotatable bonds is 8. The Labute approximate surface area is 181 Å². The first-order valence-corrected chi connectivity index (χ1v) is 10.5. The van der Waals surface area contributed by atoms with Crippen LogP contribution in [0.2, 0.25) is 0 Å². The number of nitrogens with zero attached hydrogens (tertiary/aromatic N) is 2.